The summed E-state index contributed by atoms with van der Waals surface area (Å²) >= 11 is 0. The highest BCUT2D eigenvalue weighted by molar-refractivity contribution is 6.10. The zero-order valence-corrected chi connectivity index (χ0v) is 11.2. The first kappa shape index (κ1) is 14.1. The normalized spacial score (nSPS) is 9.05. The number of hydrazone groups is 1. The van der Waals surface area contributed by atoms with Crippen LogP contribution in [-0.4, -0.2) is 5.71 Å². The molecule has 0 atom stereocenters. The highest BCUT2D eigenvalue weighted by Crippen LogP contribution is 2.24. The summed E-state index contributed by atoms with van der Waals surface area (Å²) in [5.74, 6) is 0.598. The fraction of sp³-hybridized carbons (Fsp3) is 0.0625. The van der Waals surface area contributed by atoms with Gasteiger partial charge in [-0.25, -0.2) is 0 Å². The van der Waals surface area contributed by atoms with Gasteiger partial charge in [-0.3, -0.25) is 5.43 Å². The van der Waals surface area contributed by atoms with Gasteiger partial charge < -0.3 is 4.74 Å². The van der Waals surface area contributed by atoms with E-state index in [1.54, 1.807) is 24.3 Å². The summed E-state index contributed by atoms with van der Waals surface area (Å²) in [5, 5.41) is 21.0. The monoisotopic (exact) mass is 276 g/mol. The Morgan fingerprint density at radius 2 is 1.67 bits per heavy atom. The van der Waals surface area contributed by atoms with Gasteiger partial charge in [-0.1, -0.05) is 42.5 Å². The van der Waals surface area contributed by atoms with Crippen LogP contribution in [0.1, 0.15) is 5.56 Å². The summed E-state index contributed by atoms with van der Waals surface area (Å²) in [4.78, 5) is 0. The van der Waals surface area contributed by atoms with Gasteiger partial charge in [0.1, 0.15) is 24.5 Å². The molecule has 0 aromatic heterocycles. The zero-order chi connectivity index (χ0) is 14.9. The molecular formula is C16H12N4O. The smallest absolute Gasteiger partial charge is 0.237 e. The largest absolute Gasteiger partial charge is 0.487 e. The molecular weight excluding hydrogens is 264 g/mol. The number of rotatable bonds is 5. The van der Waals surface area contributed by atoms with Gasteiger partial charge in [0.05, 0.1) is 5.69 Å². The second-order valence-corrected chi connectivity index (χ2v) is 4.07. The predicted molar refractivity (Wildman–Crippen MR) is 79.5 cm³/mol. The van der Waals surface area contributed by atoms with Gasteiger partial charge in [-0.05, 0) is 17.7 Å². The lowest BCUT2D eigenvalue weighted by atomic mass is 10.2. The second-order valence-electron chi connectivity index (χ2n) is 4.07. The van der Waals surface area contributed by atoms with Crippen molar-refractivity contribution in [1.29, 1.82) is 10.5 Å². The number of nitrogens with zero attached hydrogens (tertiary/aromatic N) is 3. The number of ether oxygens (including phenoxy) is 1. The van der Waals surface area contributed by atoms with Gasteiger partial charge in [0, 0.05) is 0 Å². The van der Waals surface area contributed by atoms with Crippen molar-refractivity contribution in [2.24, 2.45) is 5.10 Å². The molecule has 0 bridgehead atoms. The summed E-state index contributed by atoms with van der Waals surface area (Å²) in [6.07, 6.45) is 0. The van der Waals surface area contributed by atoms with E-state index in [0.717, 1.165) is 5.56 Å². The molecule has 0 amide bonds. The van der Waals surface area contributed by atoms with Crippen LogP contribution in [0, 0.1) is 22.7 Å². The lowest BCUT2D eigenvalue weighted by Crippen LogP contribution is -2.00. The van der Waals surface area contributed by atoms with Crippen LogP contribution in [0.2, 0.25) is 0 Å². The van der Waals surface area contributed by atoms with E-state index in [0.29, 0.717) is 18.0 Å². The van der Waals surface area contributed by atoms with Gasteiger partial charge in [0.2, 0.25) is 5.71 Å². The average molecular weight is 276 g/mol. The minimum Gasteiger partial charge on any atom is -0.487 e. The van der Waals surface area contributed by atoms with Crippen molar-refractivity contribution in [1.82, 2.24) is 0 Å². The van der Waals surface area contributed by atoms with E-state index in [2.05, 4.69) is 10.5 Å². The Morgan fingerprint density at radius 1 is 1.00 bits per heavy atom. The number of nitrogens with one attached hydrogen (secondary N) is 1. The molecule has 0 saturated carbocycles. The molecule has 0 spiro atoms. The quantitative estimate of drug-likeness (QED) is 0.672. The molecule has 1 N–H and O–H groups in total. The van der Waals surface area contributed by atoms with E-state index in [1.807, 2.05) is 42.5 Å². The molecule has 21 heavy (non-hydrogen) atoms. The SMILES string of the molecule is N#CC(C#N)=NNc1ccccc1OCc1ccccc1. The average Bonchev–Trinajstić information content (AvgIpc) is 2.56. The van der Waals surface area contributed by atoms with E-state index in [9.17, 15) is 0 Å². The third-order valence-corrected chi connectivity index (χ3v) is 2.62. The molecule has 2 rings (SSSR count). The van der Waals surface area contributed by atoms with Gasteiger partial charge >= 0.3 is 0 Å². The second kappa shape index (κ2) is 7.32. The molecule has 102 valence electrons. The maximum Gasteiger partial charge on any atom is 0.237 e. The number of hydrogen-bond acceptors (Lipinski definition) is 5. The first-order chi connectivity index (χ1) is 10.3. The van der Waals surface area contributed by atoms with Crippen molar-refractivity contribution in [2.75, 3.05) is 5.43 Å². The standard InChI is InChI=1S/C16H12N4O/c17-10-14(11-18)19-20-15-8-4-5-9-16(15)21-12-13-6-2-1-3-7-13/h1-9,20H,12H2. The Kier molecular flexibility index (Phi) is 4.92. The van der Waals surface area contributed by atoms with Crippen LogP contribution >= 0.6 is 0 Å². The lowest BCUT2D eigenvalue weighted by Gasteiger charge is -2.10. The minimum atomic E-state index is -0.243. The van der Waals surface area contributed by atoms with Gasteiger partial charge in [-0.15, -0.1) is 0 Å². The van der Waals surface area contributed by atoms with E-state index in [-0.39, 0.29) is 5.71 Å². The Balaban J connectivity index is 2.09. The molecule has 0 saturated heterocycles. The van der Waals surface area contributed by atoms with Crippen molar-refractivity contribution in [2.45, 2.75) is 6.61 Å². The van der Waals surface area contributed by atoms with E-state index < -0.39 is 0 Å². The summed E-state index contributed by atoms with van der Waals surface area (Å²) in [6.45, 7) is 0.423. The van der Waals surface area contributed by atoms with E-state index in [1.165, 1.54) is 0 Å². The van der Waals surface area contributed by atoms with Crippen LogP contribution < -0.4 is 10.2 Å². The molecule has 2 aromatic carbocycles. The molecule has 0 radical (unpaired) electrons. The lowest BCUT2D eigenvalue weighted by molar-refractivity contribution is 0.307. The first-order valence-electron chi connectivity index (χ1n) is 6.23. The molecule has 5 heteroatoms. The van der Waals surface area contributed by atoms with Gasteiger partial charge in [-0.2, -0.15) is 15.6 Å². The molecule has 0 aliphatic carbocycles. The highest BCUT2D eigenvalue weighted by Gasteiger charge is 2.03. The number of nitriles is 2. The van der Waals surface area contributed by atoms with E-state index in [4.69, 9.17) is 15.3 Å². The van der Waals surface area contributed by atoms with Crippen molar-refractivity contribution in [3.8, 4) is 17.9 Å². The first-order valence-corrected chi connectivity index (χ1v) is 6.23. The van der Waals surface area contributed by atoms with Crippen LogP contribution in [0.15, 0.2) is 59.7 Å². The molecule has 0 aliphatic heterocycles. The molecule has 0 unspecified atom stereocenters. The summed E-state index contributed by atoms with van der Waals surface area (Å²) < 4.78 is 5.73. The molecule has 0 heterocycles. The summed E-state index contributed by atoms with van der Waals surface area (Å²) in [7, 11) is 0. The summed E-state index contributed by atoms with van der Waals surface area (Å²) in [6, 6.07) is 20.3. The third-order valence-electron chi connectivity index (χ3n) is 2.62. The molecule has 2 aromatic rings. The molecule has 0 fully saturated rings. The Labute approximate surface area is 122 Å². The topological polar surface area (TPSA) is 81.2 Å². The number of benzene rings is 2. The molecule has 5 nitrogen and oxygen atoms in total. The number of hydrogen-bond donors (Lipinski definition) is 1. The van der Waals surface area contributed by atoms with Crippen molar-refractivity contribution >= 4 is 11.4 Å². The van der Waals surface area contributed by atoms with E-state index >= 15 is 0 Å². The van der Waals surface area contributed by atoms with Crippen LogP contribution in [0.4, 0.5) is 5.69 Å². The summed E-state index contributed by atoms with van der Waals surface area (Å²) in [5.41, 5.74) is 4.07. The fourth-order valence-corrected chi connectivity index (χ4v) is 1.61. The van der Waals surface area contributed by atoms with Crippen molar-refractivity contribution in [3.63, 3.8) is 0 Å². The minimum absolute atomic E-state index is 0.243. The highest BCUT2D eigenvalue weighted by atomic mass is 16.5. The van der Waals surface area contributed by atoms with Crippen molar-refractivity contribution < 1.29 is 4.74 Å². The predicted octanol–water partition coefficient (Wildman–Crippen LogP) is 3.08. The Hall–Kier alpha value is -3.31. The van der Waals surface area contributed by atoms with Gasteiger partial charge in [0.25, 0.3) is 0 Å². The van der Waals surface area contributed by atoms with Crippen LogP contribution in [0.5, 0.6) is 5.75 Å². The Morgan fingerprint density at radius 3 is 2.38 bits per heavy atom. The third kappa shape index (κ3) is 4.09. The van der Waals surface area contributed by atoms with Crippen LogP contribution in [0.3, 0.4) is 0 Å². The Bertz CT molecular complexity index is 695. The maximum absolute atomic E-state index is 8.65. The van der Waals surface area contributed by atoms with Crippen molar-refractivity contribution in [3.05, 3.63) is 60.2 Å². The molecule has 0 aliphatic rings. The van der Waals surface area contributed by atoms with Crippen LogP contribution in [-0.2, 0) is 6.61 Å². The fourth-order valence-electron chi connectivity index (χ4n) is 1.61. The van der Waals surface area contributed by atoms with Gasteiger partial charge in [0.15, 0.2) is 0 Å². The number of anilines is 1. The zero-order valence-electron chi connectivity index (χ0n) is 11.2. The number of para-hydroxylation sites is 2. The van der Waals surface area contributed by atoms with Crippen LogP contribution in [0.25, 0.3) is 0 Å². The maximum atomic E-state index is 8.65.